The Morgan fingerprint density at radius 2 is 1.62 bits per heavy atom. The minimum Gasteiger partial charge on any atom is -0.491 e. The first kappa shape index (κ1) is 29.3. The van der Waals surface area contributed by atoms with Crippen molar-refractivity contribution in [2.24, 2.45) is 0 Å². The average molecular weight is 550 g/mol. The van der Waals surface area contributed by atoms with Crippen LogP contribution in [0.3, 0.4) is 0 Å². The van der Waals surface area contributed by atoms with Gasteiger partial charge >= 0.3 is 6.18 Å². The topological polar surface area (TPSA) is 65.5 Å². The SMILES string of the molecule is Cc1c(OC[C@@H](O)CN2CCOCC2)ccc(C(C)N2CCN(C(=O)c3ccc(C(F)(F)F)cc3)CC2)c1C. The fraction of sp³-hybridized carbons (Fsp3) is 0.552. The monoisotopic (exact) mass is 549 g/mol. The van der Waals surface area contributed by atoms with E-state index in [-0.39, 0.29) is 24.1 Å². The van der Waals surface area contributed by atoms with Gasteiger partial charge in [0.2, 0.25) is 0 Å². The zero-order valence-electron chi connectivity index (χ0n) is 22.8. The van der Waals surface area contributed by atoms with E-state index in [2.05, 4.69) is 29.7 Å². The van der Waals surface area contributed by atoms with Gasteiger partial charge in [-0.1, -0.05) is 6.07 Å². The number of nitrogens with zero attached hydrogens (tertiary/aromatic N) is 3. The molecule has 2 aromatic rings. The third-order valence-electron chi connectivity index (χ3n) is 7.84. The Bertz CT molecular complexity index is 1110. The third kappa shape index (κ3) is 7.30. The van der Waals surface area contributed by atoms with Crippen LogP contribution >= 0.6 is 0 Å². The number of hydrogen-bond donors (Lipinski definition) is 1. The predicted molar refractivity (Wildman–Crippen MR) is 142 cm³/mol. The lowest BCUT2D eigenvalue weighted by atomic mass is 9.96. The van der Waals surface area contributed by atoms with E-state index in [0.717, 1.165) is 42.1 Å². The number of ether oxygens (including phenoxy) is 2. The van der Waals surface area contributed by atoms with Crippen LogP contribution in [-0.4, -0.2) is 97.5 Å². The molecule has 214 valence electrons. The molecule has 0 aliphatic carbocycles. The highest BCUT2D eigenvalue weighted by molar-refractivity contribution is 5.94. The number of morpholine rings is 1. The van der Waals surface area contributed by atoms with E-state index in [1.54, 1.807) is 4.90 Å². The fourth-order valence-electron chi connectivity index (χ4n) is 5.24. The molecule has 2 aromatic carbocycles. The summed E-state index contributed by atoms with van der Waals surface area (Å²) >= 11 is 0. The molecule has 10 heteroatoms. The van der Waals surface area contributed by atoms with Crippen molar-refractivity contribution in [1.29, 1.82) is 0 Å². The summed E-state index contributed by atoms with van der Waals surface area (Å²) in [6.45, 7) is 12.4. The highest BCUT2D eigenvalue weighted by Crippen LogP contribution is 2.32. The van der Waals surface area contributed by atoms with Gasteiger partial charge < -0.3 is 19.5 Å². The van der Waals surface area contributed by atoms with Crippen molar-refractivity contribution in [1.82, 2.24) is 14.7 Å². The van der Waals surface area contributed by atoms with Gasteiger partial charge in [0.05, 0.1) is 18.8 Å². The number of rotatable bonds is 8. The number of aliphatic hydroxyl groups is 1. The Morgan fingerprint density at radius 3 is 2.23 bits per heavy atom. The zero-order valence-corrected chi connectivity index (χ0v) is 22.8. The summed E-state index contributed by atoms with van der Waals surface area (Å²) in [5.41, 5.74) is 2.85. The fourth-order valence-corrected chi connectivity index (χ4v) is 5.24. The Hall–Kier alpha value is -2.66. The lowest BCUT2D eigenvalue weighted by Gasteiger charge is -2.39. The highest BCUT2D eigenvalue weighted by Gasteiger charge is 2.31. The number of hydrogen-bond acceptors (Lipinski definition) is 6. The van der Waals surface area contributed by atoms with Crippen LogP contribution in [0.1, 0.15) is 45.6 Å². The van der Waals surface area contributed by atoms with E-state index in [9.17, 15) is 23.1 Å². The standard InChI is InChI=1S/C29H38F3N3O4/c1-20-21(2)27(39-19-25(36)18-33-14-16-38-17-15-33)9-8-26(20)22(3)34-10-12-35(13-11-34)28(37)23-4-6-24(7-5-23)29(30,31)32/h4-9,22,25,36H,10-19H2,1-3H3/t22?,25-/m0/s1. The number of β-amino-alcohol motifs (C(OH)–C–C–N with tert-alkyl or cyclic N) is 1. The maximum Gasteiger partial charge on any atom is 0.416 e. The summed E-state index contributed by atoms with van der Waals surface area (Å²) in [5, 5.41) is 10.4. The molecule has 1 N–H and O–H groups in total. The summed E-state index contributed by atoms with van der Waals surface area (Å²) in [7, 11) is 0. The Morgan fingerprint density at radius 1 is 0.974 bits per heavy atom. The lowest BCUT2D eigenvalue weighted by molar-refractivity contribution is -0.137. The van der Waals surface area contributed by atoms with E-state index in [1.165, 1.54) is 17.7 Å². The van der Waals surface area contributed by atoms with Crippen molar-refractivity contribution in [2.75, 3.05) is 65.6 Å². The number of amides is 1. The summed E-state index contributed by atoms with van der Waals surface area (Å²) in [6, 6.07) is 8.54. The highest BCUT2D eigenvalue weighted by atomic mass is 19.4. The van der Waals surface area contributed by atoms with Gasteiger partial charge in [0.1, 0.15) is 18.5 Å². The van der Waals surface area contributed by atoms with Gasteiger partial charge in [-0.15, -0.1) is 0 Å². The molecule has 7 nitrogen and oxygen atoms in total. The summed E-state index contributed by atoms with van der Waals surface area (Å²) in [4.78, 5) is 19.0. The molecule has 39 heavy (non-hydrogen) atoms. The van der Waals surface area contributed by atoms with Crippen molar-refractivity contribution >= 4 is 5.91 Å². The first-order chi connectivity index (χ1) is 18.5. The van der Waals surface area contributed by atoms with E-state index in [4.69, 9.17) is 9.47 Å². The van der Waals surface area contributed by atoms with Crippen molar-refractivity contribution in [2.45, 2.75) is 39.1 Å². The van der Waals surface area contributed by atoms with Crippen molar-refractivity contribution in [3.63, 3.8) is 0 Å². The van der Waals surface area contributed by atoms with Crippen LogP contribution in [0.2, 0.25) is 0 Å². The van der Waals surface area contributed by atoms with Gasteiger partial charge in [-0.05, 0) is 67.8 Å². The largest absolute Gasteiger partial charge is 0.491 e. The first-order valence-electron chi connectivity index (χ1n) is 13.5. The molecule has 2 fully saturated rings. The van der Waals surface area contributed by atoms with E-state index in [1.807, 2.05) is 13.0 Å². The first-order valence-corrected chi connectivity index (χ1v) is 13.5. The van der Waals surface area contributed by atoms with Crippen LogP contribution in [-0.2, 0) is 10.9 Å². The van der Waals surface area contributed by atoms with Crippen molar-refractivity contribution < 1.29 is 32.5 Å². The number of benzene rings is 2. The number of aliphatic hydroxyl groups excluding tert-OH is 1. The van der Waals surface area contributed by atoms with E-state index >= 15 is 0 Å². The third-order valence-corrected chi connectivity index (χ3v) is 7.84. The lowest BCUT2D eigenvalue weighted by Crippen LogP contribution is -2.49. The molecule has 1 amide bonds. The summed E-state index contributed by atoms with van der Waals surface area (Å²) < 4.78 is 49.8. The quantitative estimate of drug-likeness (QED) is 0.539. The molecule has 1 unspecified atom stereocenters. The minimum absolute atomic E-state index is 0.119. The van der Waals surface area contributed by atoms with Crippen LogP contribution < -0.4 is 4.74 Å². The van der Waals surface area contributed by atoms with Crippen LogP contribution in [0, 0.1) is 13.8 Å². The maximum atomic E-state index is 12.9. The van der Waals surface area contributed by atoms with Crippen molar-refractivity contribution in [3.05, 3.63) is 64.2 Å². The molecule has 0 bridgehead atoms. The summed E-state index contributed by atoms with van der Waals surface area (Å²) in [6.07, 6.45) is -5.00. The molecule has 2 aliphatic rings. The minimum atomic E-state index is -4.42. The van der Waals surface area contributed by atoms with Gasteiger partial charge in [0, 0.05) is 57.4 Å². The molecule has 2 saturated heterocycles. The predicted octanol–water partition coefficient (Wildman–Crippen LogP) is 3.91. The molecule has 2 atom stereocenters. The molecule has 0 radical (unpaired) electrons. The van der Waals surface area contributed by atoms with Gasteiger partial charge in [0.25, 0.3) is 5.91 Å². The Balaban J connectivity index is 1.30. The maximum absolute atomic E-state index is 12.9. The van der Waals surface area contributed by atoms with Gasteiger partial charge in [-0.3, -0.25) is 14.6 Å². The van der Waals surface area contributed by atoms with Crippen LogP contribution in [0.4, 0.5) is 13.2 Å². The normalized spacial score (nSPS) is 19.1. The van der Waals surface area contributed by atoms with Crippen LogP contribution in [0.5, 0.6) is 5.75 Å². The number of carbonyl (C=O) groups excluding carboxylic acids is 1. The van der Waals surface area contributed by atoms with E-state index < -0.39 is 17.8 Å². The van der Waals surface area contributed by atoms with Crippen LogP contribution in [0.15, 0.2) is 36.4 Å². The van der Waals surface area contributed by atoms with Gasteiger partial charge in [0.15, 0.2) is 0 Å². The number of halogens is 3. The molecule has 0 spiro atoms. The molecule has 0 aromatic heterocycles. The van der Waals surface area contributed by atoms with Gasteiger partial charge in [-0.25, -0.2) is 0 Å². The van der Waals surface area contributed by atoms with Gasteiger partial charge in [-0.2, -0.15) is 13.2 Å². The number of carbonyl (C=O) groups is 1. The molecular formula is C29H38F3N3O4. The van der Waals surface area contributed by atoms with Crippen LogP contribution in [0.25, 0.3) is 0 Å². The molecule has 2 heterocycles. The summed E-state index contributed by atoms with van der Waals surface area (Å²) in [5.74, 6) is 0.511. The second-order valence-corrected chi connectivity index (χ2v) is 10.4. The molecular weight excluding hydrogens is 511 g/mol. The Kier molecular flexibility index (Phi) is 9.53. The second-order valence-electron chi connectivity index (χ2n) is 10.4. The molecule has 2 aliphatic heterocycles. The second kappa shape index (κ2) is 12.7. The van der Waals surface area contributed by atoms with Crippen molar-refractivity contribution in [3.8, 4) is 5.75 Å². The zero-order chi connectivity index (χ0) is 28.2. The Labute approximate surface area is 228 Å². The number of piperazine rings is 1. The van der Waals surface area contributed by atoms with E-state index in [0.29, 0.717) is 45.9 Å². The smallest absolute Gasteiger partial charge is 0.416 e. The number of alkyl halides is 3. The molecule has 4 rings (SSSR count). The average Bonchev–Trinajstić information content (AvgIpc) is 2.93. The molecule has 0 saturated carbocycles.